The first-order valence-electron chi connectivity index (χ1n) is 11.3. The summed E-state index contributed by atoms with van der Waals surface area (Å²) in [4.78, 5) is 8.16. The molecule has 0 aliphatic carbocycles. The minimum absolute atomic E-state index is 0.0724. The molecule has 0 atom stereocenters. The highest BCUT2D eigenvalue weighted by Crippen LogP contribution is 2.13. The summed E-state index contributed by atoms with van der Waals surface area (Å²) >= 11 is 0. The van der Waals surface area contributed by atoms with Crippen molar-refractivity contribution in [1.82, 2.24) is 9.71 Å². The average Bonchev–Trinajstić information content (AvgIpc) is 2.67. The molecule has 0 unspecified atom stereocenters. The van der Waals surface area contributed by atoms with E-state index in [2.05, 4.69) is 16.9 Å². The van der Waals surface area contributed by atoms with Gasteiger partial charge in [-0.25, -0.2) is 4.98 Å². The number of nitrogens with zero attached hydrogens (tertiary/aromatic N) is 3. The Morgan fingerprint density at radius 1 is 0.815 bits per heavy atom. The van der Waals surface area contributed by atoms with Gasteiger partial charge in [-0.3, -0.25) is 4.99 Å². The normalized spacial score (nSPS) is 12.0. The summed E-state index contributed by atoms with van der Waals surface area (Å²) < 4.78 is 0.840. The second-order valence-electron chi connectivity index (χ2n) is 7.66. The van der Waals surface area contributed by atoms with Crippen LogP contribution in [-0.4, -0.2) is 21.5 Å². The Balaban J connectivity index is 1.84. The molecular weight excluding hydrogens is 336 g/mol. The summed E-state index contributed by atoms with van der Waals surface area (Å²) in [5, 5.41) is 9.67. The summed E-state index contributed by atoms with van der Waals surface area (Å²) in [5.74, 6) is 0.0724. The van der Waals surface area contributed by atoms with E-state index < -0.39 is 0 Å². The van der Waals surface area contributed by atoms with Crippen LogP contribution >= 0.6 is 0 Å². The van der Waals surface area contributed by atoms with E-state index in [9.17, 15) is 5.21 Å². The molecule has 0 radical (unpaired) electrons. The van der Waals surface area contributed by atoms with Crippen LogP contribution < -0.4 is 11.2 Å². The van der Waals surface area contributed by atoms with Crippen molar-refractivity contribution < 1.29 is 5.21 Å². The molecule has 0 fully saturated rings. The van der Waals surface area contributed by atoms with Gasteiger partial charge < -0.3 is 10.9 Å². The van der Waals surface area contributed by atoms with Crippen molar-refractivity contribution in [2.45, 2.75) is 110 Å². The van der Waals surface area contributed by atoms with Crippen LogP contribution in [0.4, 0.5) is 5.95 Å². The van der Waals surface area contributed by atoms with Gasteiger partial charge in [0, 0.05) is 18.8 Å². The molecule has 27 heavy (non-hydrogen) atoms. The van der Waals surface area contributed by atoms with E-state index >= 15 is 0 Å². The van der Waals surface area contributed by atoms with E-state index in [4.69, 9.17) is 5.73 Å². The molecule has 0 aromatic carbocycles. The number of aromatic nitrogens is 2. The summed E-state index contributed by atoms with van der Waals surface area (Å²) in [6.07, 6.45) is 23.4. The number of nitrogen functional groups attached to an aromatic ring is 1. The highest BCUT2D eigenvalue weighted by molar-refractivity contribution is 5.13. The fourth-order valence-electron chi connectivity index (χ4n) is 3.40. The number of rotatable bonds is 17. The molecule has 156 valence electrons. The maximum Gasteiger partial charge on any atom is 0.236 e. The van der Waals surface area contributed by atoms with Gasteiger partial charge in [0.15, 0.2) is 5.49 Å². The molecule has 0 saturated carbocycles. The Morgan fingerprint density at radius 3 is 1.74 bits per heavy atom. The molecule has 0 aliphatic rings. The van der Waals surface area contributed by atoms with Crippen LogP contribution in [0, 0.1) is 0 Å². The number of hydrogen-bond acceptors (Lipinski definition) is 4. The first-order valence-corrected chi connectivity index (χ1v) is 11.3. The minimum Gasteiger partial charge on any atom is -0.423 e. The molecule has 0 amide bonds. The van der Waals surface area contributed by atoms with Gasteiger partial charge in [0.2, 0.25) is 5.95 Å². The van der Waals surface area contributed by atoms with E-state index in [-0.39, 0.29) is 5.95 Å². The van der Waals surface area contributed by atoms with Crippen molar-refractivity contribution in [3.8, 4) is 0 Å². The average molecular weight is 379 g/mol. The van der Waals surface area contributed by atoms with Gasteiger partial charge in [0.25, 0.3) is 0 Å². The topological polar surface area (TPSA) is 76.4 Å². The predicted molar refractivity (Wildman–Crippen MR) is 114 cm³/mol. The van der Waals surface area contributed by atoms with Gasteiger partial charge in [-0.1, -0.05) is 103 Å². The molecule has 1 heterocycles. The van der Waals surface area contributed by atoms with Crippen LogP contribution in [0.5, 0.6) is 0 Å². The molecule has 0 aliphatic heterocycles. The van der Waals surface area contributed by atoms with Crippen molar-refractivity contribution >= 4 is 5.95 Å². The Morgan fingerprint density at radius 2 is 1.26 bits per heavy atom. The van der Waals surface area contributed by atoms with Crippen LogP contribution in [0.1, 0.15) is 110 Å². The Labute approximate surface area is 166 Å². The van der Waals surface area contributed by atoms with Gasteiger partial charge in [0.05, 0.1) is 0 Å². The smallest absolute Gasteiger partial charge is 0.236 e. The molecule has 0 saturated heterocycles. The van der Waals surface area contributed by atoms with Crippen LogP contribution in [0.3, 0.4) is 0 Å². The number of unbranched alkanes of at least 4 members (excludes halogenated alkanes) is 15. The van der Waals surface area contributed by atoms with Gasteiger partial charge >= 0.3 is 0 Å². The minimum atomic E-state index is 0.0724. The maximum absolute atomic E-state index is 9.67. The largest absolute Gasteiger partial charge is 0.423 e. The van der Waals surface area contributed by atoms with E-state index in [1.807, 2.05) is 0 Å². The molecule has 3 N–H and O–H groups in total. The monoisotopic (exact) mass is 378 g/mol. The molecular formula is C22H42N4O. The first kappa shape index (κ1) is 23.5. The molecule has 1 rings (SSSR count). The lowest BCUT2D eigenvalue weighted by molar-refractivity contribution is 0.175. The van der Waals surface area contributed by atoms with Crippen molar-refractivity contribution in [2.75, 3.05) is 12.3 Å². The quantitative estimate of drug-likeness (QED) is 0.263. The number of hydrogen-bond donors (Lipinski definition) is 2. The lowest BCUT2D eigenvalue weighted by Crippen LogP contribution is -2.22. The second-order valence-corrected chi connectivity index (χ2v) is 7.66. The lowest BCUT2D eigenvalue weighted by atomic mass is 10.0. The summed E-state index contributed by atoms with van der Waals surface area (Å²) in [7, 11) is 0. The third-order valence-corrected chi connectivity index (χ3v) is 5.15. The zero-order chi connectivity index (χ0) is 19.6. The van der Waals surface area contributed by atoms with Crippen molar-refractivity contribution in [3.63, 3.8) is 0 Å². The van der Waals surface area contributed by atoms with Crippen LogP contribution in [-0.2, 0) is 0 Å². The summed E-state index contributed by atoms with van der Waals surface area (Å²) in [6.45, 7) is 3.00. The maximum atomic E-state index is 9.67. The van der Waals surface area contributed by atoms with Gasteiger partial charge in [-0.15, -0.1) is 4.73 Å². The second kappa shape index (κ2) is 16.6. The summed E-state index contributed by atoms with van der Waals surface area (Å²) in [6, 6.07) is 1.67. The van der Waals surface area contributed by atoms with Crippen LogP contribution in [0.15, 0.2) is 17.3 Å². The SMILES string of the molecule is CCCCCCCCCCCCCCCCCCN=c1ccnc(N)n1O. The molecule has 5 nitrogen and oxygen atoms in total. The first-order chi connectivity index (χ1) is 13.3. The van der Waals surface area contributed by atoms with Gasteiger partial charge in [-0.05, 0) is 6.42 Å². The van der Waals surface area contributed by atoms with Crippen LogP contribution in [0.25, 0.3) is 0 Å². The Bertz CT molecular complexity index is 527. The van der Waals surface area contributed by atoms with E-state index in [0.29, 0.717) is 5.49 Å². The zero-order valence-electron chi connectivity index (χ0n) is 17.5. The number of nitrogens with two attached hydrogens (primary N) is 1. The third kappa shape index (κ3) is 12.5. The lowest BCUT2D eigenvalue weighted by Gasteiger charge is -2.03. The van der Waals surface area contributed by atoms with E-state index in [1.165, 1.54) is 96.3 Å². The highest BCUT2D eigenvalue weighted by atomic mass is 16.5. The fourth-order valence-corrected chi connectivity index (χ4v) is 3.40. The Hall–Kier alpha value is -1.52. The molecule has 1 aromatic rings. The predicted octanol–water partition coefficient (Wildman–Crippen LogP) is 5.86. The van der Waals surface area contributed by atoms with E-state index in [1.54, 1.807) is 12.3 Å². The zero-order valence-corrected chi connectivity index (χ0v) is 17.5. The molecule has 0 bridgehead atoms. The fraction of sp³-hybridized carbons (Fsp3) is 0.818. The van der Waals surface area contributed by atoms with Crippen molar-refractivity contribution in [3.05, 3.63) is 17.8 Å². The highest BCUT2D eigenvalue weighted by Gasteiger charge is 1.96. The molecule has 1 aromatic heterocycles. The van der Waals surface area contributed by atoms with Crippen molar-refractivity contribution in [1.29, 1.82) is 0 Å². The summed E-state index contributed by atoms with van der Waals surface area (Å²) in [5.41, 5.74) is 6.00. The Kier molecular flexibility index (Phi) is 14.5. The standard InChI is InChI=1S/C22H42N4O/c1-2-3-4-5-6-7-8-9-10-11-12-13-14-15-16-17-19-24-21-18-20-25-22(23)26(21)27/h18,20,27H,2-17,19H2,1H3,(H2,23,25). The molecule has 5 heteroatoms. The number of anilines is 1. The van der Waals surface area contributed by atoms with Crippen molar-refractivity contribution in [2.24, 2.45) is 4.99 Å². The van der Waals surface area contributed by atoms with Gasteiger partial charge in [0.1, 0.15) is 0 Å². The molecule has 0 spiro atoms. The third-order valence-electron chi connectivity index (χ3n) is 5.15. The van der Waals surface area contributed by atoms with Gasteiger partial charge in [-0.2, -0.15) is 0 Å². The van der Waals surface area contributed by atoms with E-state index in [0.717, 1.165) is 17.7 Å². The van der Waals surface area contributed by atoms with Crippen LogP contribution in [0.2, 0.25) is 0 Å².